The summed E-state index contributed by atoms with van der Waals surface area (Å²) in [5.41, 5.74) is 6.24. The van der Waals surface area contributed by atoms with E-state index < -0.39 is 17.6 Å². The fourth-order valence-corrected chi connectivity index (χ4v) is 3.91. The highest BCUT2D eigenvalue weighted by molar-refractivity contribution is 6.05. The van der Waals surface area contributed by atoms with E-state index in [4.69, 9.17) is 10.5 Å². The molecule has 0 aliphatic rings. The van der Waals surface area contributed by atoms with Crippen LogP contribution in [0.3, 0.4) is 0 Å². The van der Waals surface area contributed by atoms with Gasteiger partial charge in [-0.1, -0.05) is 6.07 Å². The number of aromatic nitrogens is 4. The highest BCUT2D eigenvalue weighted by Gasteiger charge is 2.33. The molecule has 0 bridgehead atoms. The second-order valence-corrected chi connectivity index (χ2v) is 8.50. The molecule has 5 aromatic rings. The molecule has 0 aliphatic heterocycles. The predicted molar refractivity (Wildman–Crippen MR) is 137 cm³/mol. The van der Waals surface area contributed by atoms with E-state index >= 15 is 0 Å². The van der Waals surface area contributed by atoms with E-state index in [0.29, 0.717) is 39.6 Å². The number of halogens is 3. The van der Waals surface area contributed by atoms with Gasteiger partial charge in [-0.2, -0.15) is 13.2 Å². The summed E-state index contributed by atoms with van der Waals surface area (Å²) in [5.74, 6) is 0.790. The minimum atomic E-state index is -4.60. The zero-order valence-electron chi connectivity index (χ0n) is 20.2. The molecule has 3 aromatic heterocycles. The molecule has 2 aromatic carbocycles. The van der Waals surface area contributed by atoms with Crippen molar-refractivity contribution in [3.05, 3.63) is 95.6 Å². The molecule has 198 valence electrons. The first-order chi connectivity index (χ1) is 18.7. The molecule has 0 aliphatic carbocycles. The third-order valence-electron chi connectivity index (χ3n) is 5.82. The van der Waals surface area contributed by atoms with Gasteiger partial charge < -0.3 is 25.9 Å². The lowest BCUT2D eigenvalue weighted by molar-refractivity contribution is -0.138. The average Bonchev–Trinajstić information content (AvgIpc) is 3.42. The second kappa shape index (κ2) is 10.5. The predicted octanol–water partition coefficient (Wildman–Crippen LogP) is 5.03. The van der Waals surface area contributed by atoms with Crippen LogP contribution in [0.5, 0.6) is 11.5 Å². The van der Waals surface area contributed by atoms with E-state index in [0.717, 1.165) is 6.07 Å². The third kappa shape index (κ3) is 5.71. The summed E-state index contributed by atoms with van der Waals surface area (Å²) in [6, 6.07) is 13.5. The van der Waals surface area contributed by atoms with Gasteiger partial charge >= 0.3 is 6.18 Å². The number of carbonyl (C=O) groups is 1. The van der Waals surface area contributed by atoms with E-state index in [9.17, 15) is 23.1 Å². The van der Waals surface area contributed by atoms with Crippen molar-refractivity contribution < 1.29 is 27.8 Å². The number of carbonyl (C=O) groups excluding carboxylic acids is 1. The number of nitrogens with one attached hydrogen (secondary N) is 2. The molecule has 0 radical (unpaired) electrons. The lowest BCUT2D eigenvalue weighted by atomic mass is 10.1. The number of alkyl halides is 3. The van der Waals surface area contributed by atoms with Crippen LogP contribution in [0.15, 0.2) is 73.2 Å². The number of anilines is 1. The van der Waals surface area contributed by atoms with Crippen LogP contribution in [0.1, 0.15) is 27.2 Å². The number of pyridine rings is 2. The lowest BCUT2D eigenvalue weighted by Gasteiger charge is -2.14. The standard InChI is InChI=1S/C27H21F3N6O3/c28-27(29,30)22-9-18(2-1-15(22)11-31)36-26(38)17-7-16-8-20(3-4-23(16)33-12-17)39-21-5-6-32-24(10-21)25-34-13-19(14-37)35-25/h1-10,12-13,37H,11,14,31H2,(H,34,35)(H,36,38). The third-order valence-corrected chi connectivity index (χ3v) is 5.82. The Kier molecular flexibility index (Phi) is 6.96. The number of benzene rings is 2. The normalized spacial score (nSPS) is 11.5. The Morgan fingerprint density at radius 2 is 1.82 bits per heavy atom. The average molecular weight is 534 g/mol. The number of amides is 1. The van der Waals surface area contributed by atoms with Crippen molar-refractivity contribution in [3.8, 4) is 23.0 Å². The van der Waals surface area contributed by atoms with Gasteiger partial charge in [0.15, 0.2) is 5.82 Å². The first-order valence-corrected chi connectivity index (χ1v) is 11.6. The molecule has 0 spiro atoms. The number of hydrogen-bond donors (Lipinski definition) is 4. The van der Waals surface area contributed by atoms with Crippen LogP contribution in [0.4, 0.5) is 18.9 Å². The number of hydrogen-bond acceptors (Lipinski definition) is 7. The van der Waals surface area contributed by atoms with Gasteiger partial charge in [-0.05, 0) is 48.0 Å². The van der Waals surface area contributed by atoms with E-state index in [1.54, 1.807) is 42.6 Å². The molecule has 0 saturated heterocycles. The number of fused-ring (bicyclic) bond motifs is 1. The molecule has 3 heterocycles. The van der Waals surface area contributed by atoms with Gasteiger partial charge in [0.2, 0.25) is 0 Å². The number of aromatic amines is 1. The molecule has 39 heavy (non-hydrogen) atoms. The van der Waals surface area contributed by atoms with E-state index in [1.165, 1.54) is 24.5 Å². The molecule has 0 saturated carbocycles. The Labute approximate surface area is 219 Å². The first-order valence-electron chi connectivity index (χ1n) is 11.6. The summed E-state index contributed by atoms with van der Waals surface area (Å²) >= 11 is 0. The second-order valence-electron chi connectivity index (χ2n) is 8.50. The van der Waals surface area contributed by atoms with E-state index in [-0.39, 0.29) is 30.0 Å². The van der Waals surface area contributed by atoms with Gasteiger partial charge in [0, 0.05) is 36.1 Å². The van der Waals surface area contributed by atoms with Crippen molar-refractivity contribution >= 4 is 22.5 Å². The van der Waals surface area contributed by atoms with Crippen molar-refractivity contribution in [2.75, 3.05) is 5.32 Å². The fourth-order valence-electron chi connectivity index (χ4n) is 3.91. The lowest BCUT2D eigenvalue weighted by Crippen LogP contribution is -2.15. The van der Waals surface area contributed by atoms with Crippen LogP contribution >= 0.6 is 0 Å². The van der Waals surface area contributed by atoms with E-state index in [2.05, 4.69) is 25.3 Å². The van der Waals surface area contributed by atoms with Crippen molar-refractivity contribution in [3.63, 3.8) is 0 Å². The summed E-state index contributed by atoms with van der Waals surface area (Å²) in [6.07, 6.45) is -0.192. The summed E-state index contributed by atoms with van der Waals surface area (Å²) in [6.45, 7) is -0.458. The smallest absolute Gasteiger partial charge is 0.416 e. The molecule has 12 heteroatoms. The topological polar surface area (TPSA) is 139 Å². The van der Waals surface area contributed by atoms with Gasteiger partial charge in [0.25, 0.3) is 5.91 Å². The largest absolute Gasteiger partial charge is 0.457 e. The minimum absolute atomic E-state index is 0.0159. The minimum Gasteiger partial charge on any atom is -0.457 e. The van der Waals surface area contributed by atoms with Crippen LogP contribution in [0, 0.1) is 0 Å². The van der Waals surface area contributed by atoms with Crippen molar-refractivity contribution in [2.45, 2.75) is 19.3 Å². The van der Waals surface area contributed by atoms with Crippen LogP contribution in [0.2, 0.25) is 0 Å². The van der Waals surface area contributed by atoms with Gasteiger partial charge in [0.1, 0.15) is 17.2 Å². The molecule has 0 fully saturated rings. The Hall–Kier alpha value is -4.81. The summed E-state index contributed by atoms with van der Waals surface area (Å²) in [4.78, 5) is 28.5. The van der Waals surface area contributed by atoms with Crippen molar-refractivity contribution in [1.29, 1.82) is 0 Å². The summed E-state index contributed by atoms with van der Waals surface area (Å²) < 4.78 is 46.1. The Morgan fingerprint density at radius 3 is 2.56 bits per heavy atom. The number of rotatable bonds is 7. The fraction of sp³-hybridized carbons (Fsp3) is 0.111. The highest BCUT2D eigenvalue weighted by atomic mass is 19.4. The monoisotopic (exact) mass is 534 g/mol. The zero-order valence-corrected chi connectivity index (χ0v) is 20.2. The number of ether oxygens (including phenoxy) is 1. The SMILES string of the molecule is NCc1ccc(NC(=O)c2cnc3ccc(Oc4ccnc(-c5ncc(CO)[nH]5)c4)cc3c2)cc1C(F)(F)F. The number of aliphatic hydroxyl groups is 1. The molecule has 1 amide bonds. The molecular formula is C27H21F3N6O3. The Balaban J connectivity index is 1.36. The van der Waals surface area contributed by atoms with Gasteiger partial charge in [-0.15, -0.1) is 0 Å². The quantitative estimate of drug-likeness (QED) is 0.230. The number of aliphatic hydroxyl groups excluding tert-OH is 1. The number of imidazole rings is 1. The Morgan fingerprint density at radius 1 is 1.00 bits per heavy atom. The first kappa shape index (κ1) is 25.8. The Bertz CT molecular complexity index is 1670. The van der Waals surface area contributed by atoms with Crippen LogP contribution in [-0.4, -0.2) is 30.9 Å². The molecule has 5 N–H and O–H groups in total. The maximum atomic E-state index is 13.4. The maximum Gasteiger partial charge on any atom is 0.416 e. The molecular weight excluding hydrogens is 513 g/mol. The van der Waals surface area contributed by atoms with Crippen LogP contribution in [0.25, 0.3) is 22.4 Å². The maximum absolute atomic E-state index is 13.4. The number of nitrogens with two attached hydrogens (primary N) is 1. The van der Waals surface area contributed by atoms with Gasteiger partial charge in [0.05, 0.1) is 35.1 Å². The number of H-pyrrole nitrogens is 1. The van der Waals surface area contributed by atoms with Crippen LogP contribution in [-0.2, 0) is 19.3 Å². The molecule has 5 rings (SSSR count). The van der Waals surface area contributed by atoms with Gasteiger partial charge in [-0.3, -0.25) is 14.8 Å². The van der Waals surface area contributed by atoms with Crippen molar-refractivity contribution in [1.82, 2.24) is 19.9 Å². The molecule has 9 nitrogen and oxygen atoms in total. The summed E-state index contributed by atoms with van der Waals surface area (Å²) in [7, 11) is 0. The molecule has 0 atom stereocenters. The molecule has 0 unspecified atom stereocenters. The van der Waals surface area contributed by atoms with Gasteiger partial charge in [-0.25, -0.2) is 4.98 Å². The van der Waals surface area contributed by atoms with Crippen LogP contribution < -0.4 is 15.8 Å². The van der Waals surface area contributed by atoms with E-state index in [1.807, 2.05) is 0 Å². The van der Waals surface area contributed by atoms with Crippen molar-refractivity contribution in [2.24, 2.45) is 5.73 Å². The number of nitrogens with zero attached hydrogens (tertiary/aromatic N) is 3. The summed E-state index contributed by atoms with van der Waals surface area (Å²) in [5, 5.41) is 12.3. The zero-order chi connectivity index (χ0) is 27.6. The highest BCUT2D eigenvalue weighted by Crippen LogP contribution is 2.34.